The van der Waals surface area contributed by atoms with E-state index in [-0.39, 0.29) is 18.9 Å². The highest BCUT2D eigenvalue weighted by Gasteiger charge is 2.54. The number of amides is 1. The lowest BCUT2D eigenvalue weighted by Gasteiger charge is -2.48. The average Bonchev–Trinajstić information content (AvgIpc) is 0.783. The first-order valence-electron chi connectivity index (χ1n) is 40.9. The Hall–Kier alpha value is -2.25. The molecular formula is C81H149NO18. The first-order valence-corrected chi connectivity index (χ1v) is 40.9. The zero-order chi connectivity index (χ0) is 72.5. The highest BCUT2D eigenvalue weighted by Crippen LogP contribution is 2.33. The average molecular weight is 1430 g/mol. The van der Waals surface area contributed by atoms with Gasteiger partial charge in [0, 0.05) is 6.42 Å². The van der Waals surface area contributed by atoms with Crippen LogP contribution in [0.3, 0.4) is 0 Å². The summed E-state index contributed by atoms with van der Waals surface area (Å²) in [4.78, 5) is 13.5. The molecule has 0 bridgehead atoms. The van der Waals surface area contributed by atoms with E-state index in [0.717, 1.165) is 44.9 Å². The van der Waals surface area contributed by atoms with E-state index in [2.05, 4.69) is 55.6 Å². The summed E-state index contributed by atoms with van der Waals surface area (Å²) < 4.78 is 34.4. The number of unbranched alkanes of at least 4 members (excludes halogenated alkanes) is 43. The van der Waals surface area contributed by atoms with Gasteiger partial charge in [0.2, 0.25) is 5.91 Å². The van der Waals surface area contributed by atoms with Crippen LogP contribution in [0, 0.1) is 0 Å². The largest absolute Gasteiger partial charge is 0.394 e. The fourth-order valence-corrected chi connectivity index (χ4v) is 13.8. The van der Waals surface area contributed by atoms with Crippen LogP contribution in [0.5, 0.6) is 0 Å². The van der Waals surface area contributed by atoms with Crippen LogP contribution in [-0.2, 0) is 33.2 Å². The molecule has 0 saturated carbocycles. The van der Waals surface area contributed by atoms with Crippen LogP contribution in [0.4, 0.5) is 0 Å². The minimum Gasteiger partial charge on any atom is -0.394 e. The summed E-state index contributed by atoms with van der Waals surface area (Å²) in [5.41, 5.74) is 0. The Morgan fingerprint density at radius 2 is 0.640 bits per heavy atom. The molecule has 3 aliphatic rings. The van der Waals surface area contributed by atoms with E-state index in [1.54, 1.807) is 6.08 Å². The molecule has 3 aliphatic heterocycles. The summed E-state index contributed by atoms with van der Waals surface area (Å²) in [6.07, 6.45) is 51.1. The predicted molar refractivity (Wildman–Crippen MR) is 397 cm³/mol. The van der Waals surface area contributed by atoms with Crippen molar-refractivity contribution in [2.45, 2.75) is 433 Å². The summed E-state index contributed by atoms with van der Waals surface area (Å²) in [5.74, 6) is -0.284. The second-order valence-corrected chi connectivity index (χ2v) is 29.2. The second kappa shape index (κ2) is 61.9. The lowest BCUT2D eigenvalue weighted by molar-refractivity contribution is -0.379. The van der Waals surface area contributed by atoms with Crippen molar-refractivity contribution in [1.82, 2.24) is 5.32 Å². The Kier molecular flexibility index (Phi) is 56.9. The van der Waals surface area contributed by atoms with E-state index < -0.39 is 124 Å². The Balaban J connectivity index is 1.38. The minimum absolute atomic E-state index is 0.234. The molecule has 586 valence electrons. The molecule has 3 fully saturated rings. The lowest BCUT2D eigenvalue weighted by Crippen LogP contribution is -2.66. The quantitative estimate of drug-likeness (QED) is 0.0199. The molecule has 0 aromatic heterocycles. The Bertz CT molecular complexity index is 1990. The summed E-state index contributed by atoms with van der Waals surface area (Å²) >= 11 is 0. The molecule has 17 unspecified atom stereocenters. The molecule has 3 heterocycles. The van der Waals surface area contributed by atoms with E-state index in [1.165, 1.54) is 250 Å². The number of allylic oxidation sites excluding steroid dienone is 7. The number of hydrogen-bond acceptors (Lipinski definition) is 18. The summed E-state index contributed by atoms with van der Waals surface area (Å²) in [6.45, 7) is 1.75. The van der Waals surface area contributed by atoms with Gasteiger partial charge in [-0.15, -0.1) is 0 Å². The number of carbonyl (C=O) groups is 1. The first-order chi connectivity index (χ1) is 48.8. The standard InChI is InChI=1S/C81H149NO18/c1-3-5-7-9-11-13-15-17-19-21-23-25-27-29-30-31-32-33-34-35-37-39-41-43-45-47-49-51-53-55-57-59-69(87)82-64(65(86)58-56-54-52-50-48-46-44-42-40-38-36-28-26-24-22-20-18-16-14-12-10-8-6-4-2)63-95-79-75(93)72(90)77(67(61-84)97-79)100-81-76(94)73(91)78(68(62-85)98-81)99-80-74(92)71(89)70(88)66(60-83)96-80/h21,23,40,42,48,50,56,58,64-68,70-81,83-86,88-94H,3-20,22,24-39,41,43-47,49,51-55,57,59-63H2,1-2H3,(H,82,87)/b23-21-,42-40+,50-48+,58-56+. The van der Waals surface area contributed by atoms with E-state index in [9.17, 15) is 61.0 Å². The van der Waals surface area contributed by atoms with Gasteiger partial charge in [0.05, 0.1) is 38.6 Å². The normalized spacial score (nSPS) is 26.7. The molecule has 17 atom stereocenters. The highest BCUT2D eigenvalue weighted by atomic mass is 16.8. The second-order valence-electron chi connectivity index (χ2n) is 29.2. The Labute approximate surface area is 605 Å². The van der Waals surface area contributed by atoms with Crippen molar-refractivity contribution in [3.8, 4) is 0 Å². The smallest absolute Gasteiger partial charge is 0.220 e. The van der Waals surface area contributed by atoms with Crippen LogP contribution < -0.4 is 5.32 Å². The molecule has 100 heavy (non-hydrogen) atoms. The fourth-order valence-electron chi connectivity index (χ4n) is 13.8. The number of ether oxygens (including phenoxy) is 6. The molecule has 1 amide bonds. The molecule has 3 saturated heterocycles. The SMILES string of the molecule is CCCCCCCCCC/C=C\CCCCCCCCCCCCCCCCCCCCCC(=O)NC(COC1OC(CO)C(OC2OC(CO)C(OC3OC(CO)C(O)C(O)C3O)C(O)C2O)C(O)C1O)C(O)/C=C/CC/C=C/CC/C=C/CCCCCCCCCCCCCCCC. The molecule has 3 rings (SSSR count). The predicted octanol–water partition coefficient (Wildman–Crippen LogP) is 13.7. The Morgan fingerprint density at radius 3 is 1.00 bits per heavy atom. The van der Waals surface area contributed by atoms with E-state index in [1.807, 2.05) is 6.08 Å². The molecule has 12 N–H and O–H groups in total. The molecule has 0 aromatic carbocycles. The first kappa shape index (κ1) is 92.0. The summed E-state index contributed by atoms with van der Waals surface area (Å²) in [6, 6.07) is -0.997. The van der Waals surface area contributed by atoms with Crippen LogP contribution >= 0.6 is 0 Å². The molecule has 0 aliphatic carbocycles. The van der Waals surface area contributed by atoms with Crippen molar-refractivity contribution < 1.29 is 89.4 Å². The number of rotatable bonds is 65. The van der Waals surface area contributed by atoms with E-state index in [0.29, 0.717) is 12.8 Å². The van der Waals surface area contributed by atoms with Gasteiger partial charge in [-0.25, -0.2) is 0 Å². The topological polar surface area (TPSA) is 307 Å². The van der Waals surface area contributed by atoms with Crippen molar-refractivity contribution in [2.24, 2.45) is 0 Å². The van der Waals surface area contributed by atoms with Gasteiger partial charge in [-0.1, -0.05) is 300 Å². The number of nitrogens with one attached hydrogen (secondary N) is 1. The van der Waals surface area contributed by atoms with E-state index >= 15 is 0 Å². The van der Waals surface area contributed by atoms with Crippen LogP contribution in [0.1, 0.15) is 328 Å². The van der Waals surface area contributed by atoms with Crippen molar-refractivity contribution in [2.75, 3.05) is 26.4 Å². The maximum atomic E-state index is 13.5. The number of carbonyl (C=O) groups excluding carboxylic acids is 1. The Morgan fingerprint density at radius 1 is 0.350 bits per heavy atom. The summed E-state index contributed by atoms with van der Waals surface area (Å²) in [5, 5.41) is 121. The third kappa shape index (κ3) is 41.6. The van der Waals surface area contributed by atoms with Gasteiger partial charge >= 0.3 is 0 Å². The van der Waals surface area contributed by atoms with Crippen molar-refractivity contribution in [3.05, 3.63) is 48.6 Å². The molecular weight excluding hydrogens is 1270 g/mol. The number of aliphatic hydroxyl groups excluding tert-OH is 11. The number of aliphatic hydroxyl groups is 11. The zero-order valence-electron chi connectivity index (χ0n) is 62.7. The third-order valence-corrected chi connectivity index (χ3v) is 20.3. The van der Waals surface area contributed by atoms with Crippen LogP contribution in [0.25, 0.3) is 0 Å². The zero-order valence-corrected chi connectivity index (χ0v) is 62.7. The van der Waals surface area contributed by atoms with E-state index in [4.69, 9.17) is 28.4 Å². The third-order valence-electron chi connectivity index (χ3n) is 20.3. The molecule has 19 heteroatoms. The maximum Gasteiger partial charge on any atom is 0.220 e. The van der Waals surface area contributed by atoms with Gasteiger partial charge in [0.15, 0.2) is 18.9 Å². The minimum atomic E-state index is -1.98. The van der Waals surface area contributed by atoms with Crippen LogP contribution in [-0.4, -0.2) is 193 Å². The van der Waals surface area contributed by atoms with Crippen molar-refractivity contribution >= 4 is 5.91 Å². The molecule has 0 radical (unpaired) electrons. The molecule has 19 nitrogen and oxygen atoms in total. The van der Waals surface area contributed by atoms with Crippen LogP contribution in [0.2, 0.25) is 0 Å². The molecule has 0 spiro atoms. The van der Waals surface area contributed by atoms with Gasteiger partial charge in [-0.3, -0.25) is 4.79 Å². The van der Waals surface area contributed by atoms with Gasteiger partial charge in [-0.2, -0.15) is 0 Å². The molecule has 0 aromatic rings. The van der Waals surface area contributed by atoms with Crippen molar-refractivity contribution in [3.63, 3.8) is 0 Å². The van der Waals surface area contributed by atoms with Crippen LogP contribution in [0.15, 0.2) is 48.6 Å². The van der Waals surface area contributed by atoms with Gasteiger partial charge in [0.1, 0.15) is 73.2 Å². The van der Waals surface area contributed by atoms with Crippen molar-refractivity contribution in [1.29, 1.82) is 0 Å². The maximum absolute atomic E-state index is 13.5. The lowest BCUT2D eigenvalue weighted by atomic mass is 9.96. The fraction of sp³-hybridized carbons (Fsp3) is 0.889. The van der Waals surface area contributed by atoms with Gasteiger partial charge in [0.25, 0.3) is 0 Å². The number of hydrogen-bond donors (Lipinski definition) is 12. The van der Waals surface area contributed by atoms with Gasteiger partial charge < -0.3 is 89.9 Å². The summed E-state index contributed by atoms with van der Waals surface area (Å²) in [7, 11) is 0. The monoisotopic (exact) mass is 1420 g/mol. The highest BCUT2D eigenvalue weighted by molar-refractivity contribution is 5.76. The van der Waals surface area contributed by atoms with Gasteiger partial charge in [-0.05, 0) is 70.6 Å².